The second-order valence-electron chi connectivity index (χ2n) is 10.7. The van der Waals surface area contributed by atoms with Crippen LogP contribution in [0.4, 0.5) is 15.0 Å². The van der Waals surface area contributed by atoms with Gasteiger partial charge in [0.25, 0.3) is 5.91 Å². The van der Waals surface area contributed by atoms with Crippen molar-refractivity contribution < 1.29 is 18.7 Å². The van der Waals surface area contributed by atoms with Crippen molar-refractivity contribution in [2.45, 2.75) is 45.9 Å². The Morgan fingerprint density at radius 3 is 2.35 bits per heavy atom. The predicted molar refractivity (Wildman–Crippen MR) is 161 cm³/mol. The van der Waals surface area contributed by atoms with Crippen molar-refractivity contribution in [1.82, 2.24) is 20.6 Å². The smallest absolute Gasteiger partial charge is 0.407 e. The molecule has 0 fully saturated rings. The molecule has 2 amide bonds. The molecule has 0 saturated heterocycles. The average Bonchev–Trinajstić information content (AvgIpc) is 2.98. The maximum Gasteiger partial charge on any atom is 0.407 e. The number of benzene rings is 2. The lowest BCUT2D eigenvalue weighted by Crippen LogP contribution is -2.32. The number of rotatable bonds is 10. The topological polar surface area (TPSA) is 129 Å². The maximum absolute atomic E-state index is 13.6. The van der Waals surface area contributed by atoms with Crippen molar-refractivity contribution >= 4 is 17.8 Å². The Morgan fingerprint density at radius 2 is 1.63 bits per heavy atom. The number of hydrogen-bond donors (Lipinski definition) is 3. The lowest BCUT2D eigenvalue weighted by molar-refractivity contribution is 0.0522. The first kappa shape index (κ1) is 30.7. The molecule has 2 aromatic carbocycles. The minimum absolute atomic E-state index is 0.140. The van der Waals surface area contributed by atoms with Gasteiger partial charge < -0.3 is 20.7 Å². The number of carbonyl (C=O) groups excluding carboxylic acids is 2. The third kappa shape index (κ3) is 9.10. The highest BCUT2D eigenvalue weighted by Gasteiger charge is 2.17. The number of alkyl carbamates (subject to hydrolysis) is 1. The monoisotopic (exact) mass is 580 g/mol. The van der Waals surface area contributed by atoms with E-state index in [0.717, 1.165) is 5.56 Å². The fourth-order valence-electron chi connectivity index (χ4n) is 4.22. The molecule has 2 aromatic heterocycles. The summed E-state index contributed by atoms with van der Waals surface area (Å²) in [4.78, 5) is 34.5. The van der Waals surface area contributed by atoms with Gasteiger partial charge in [0.2, 0.25) is 0 Å². The zero-order valence-corrected chi connectivity index (χ0v) is 24.3. The van der Waals surface area contributed by atoms with Gasteiger partial charge in [-0.25, -0.2) is 14.2 Å². The van der Waals surface area contributed by atoms with Crippen LogP contribution >= 0.6 is 0 Å². The minimum atomic E-state index is -0.608. The van der Waals surface area contributed by atoms with Gasteiger partial charge in [0.15, 0.2) is 0 Å². The highest BCUT2D eigenvalue weighted by atomic mass is 19.1. The van der Waals surface area contributed by atoms with Crippen molar-refractivity contribution in [3.63, 3.8) is 0 Å². The van der Waals surface area contributed by atoms with Gasteiger partial charge in [-0.2, -0.15) is 5.26 Å². The van der Waals surface area contributed by atoms with E-state index in [0.29, 0.717) is 52.6 Å². The molecule has 0 radical (unpaired) electrons. The summed E-state index contributed by atoms with van der Waals surface area (Å²) < 4.78 is 18.9. The number of hydrogen-bond acceptors (Lipinski definition) is 7. The van der Waals surface area contributed by atoms with Crippen molar-refractivity contribution in [3.05, 3.63) is 113 Å². The molecule has 2 heterocycles. The lowest BCUT2D eigenvalue weighted by atomic mass is 10.0. The van der Waals surface area contributed by atoms with Crippen molar-refractivity contribution in [1.29, 1.82) is 5.26 Å². The number of halogens is 1. The number of pyridine rings is 2. The third-order valence-electron chi connectivity index (χ3n) is 6.17. The molecule has 220 valence electrons. The van der Waals surface area contributed by atoms with Crippen LogP contribution in [0.5, 0.6) is 0 Å². The third-order valence-corrected chi connectivity index (χ3v) is 6.17. The number of amides is 2. The van der Waals surface area contributed by atoms with Crippen LogP contribution in [0.1, 0.15) is 53.6 Å². The summed E-state index contributed by atoms with van der Waals surface area (Å²) in [5, 5.41) is 18.3. The van der Waals surface area contributed by atoms with Gasteiger partial charge in [-0.1, -0.05) is 36.4 Å². The van der Waals surface area contributed by atoms with Crippen LogP contribution in [-0.4, -0.2) is 34.1 Å². The molecule has 0 atom stereocenters. The Bertz CT molecular complexity index is 1640. The van der Waals surface area contributed by atoms with E-state index in [1.54, 1.807) is 75.4 Å². The van der Waals surface area contributed by atoms with Gasteiger partial charge in [0.05, 0.1) is 47.4 Å². The Kier molecular flexibility index (Phi) is 10.0. The van der Waals surface area contributed by atoms with E-state index in [2.05, 4.69) is 27.0 Å². The van der Waals surface area contributed by atoms with Gasteiger partial charge >= 0.3 is 6.09 Å². The molecule has 0 saturated carbocycles. The molecule has 10 heteroatoms. The van der Waals surface area contributed by atoms with E-state index < -0.39 is 11.7 Å². The minimum Gasteiger partial charge on any atom is -0.444 e. The number of nitrogens with zero attached hydrogens (tertiary/aromatic N) is 3. The molecular formula is C33H33FN6O3. The molecule has 0 spiro atoms. The summed E-state index contributed by atoms with van der Waals surface area (Å²) in [5.74, 6) is -0.355. The first-order valence-corrected chi connectivity index (χ1v) is 13.8. The summed E-state index contributed by atoms with van der Waals surface area (Å²) >= 11 is 0. The van der Waals surface area contributed by atoms with Gasteiger partial charge in [-0.3, -0.25) is 9.78 Å². The van der Waals surface area contributed by atoms with Crippen LogP contribution in [0.25, 0.3) is 11.3 Å². The van der Waals surface area contributed by atoms with Gasteiger partial charge in [-0.15, -0.1) is 0 Å². The fourth-order valence-corrected chi connectivity index (χ4v) is 4.22. The fraction of sp³-hybridized carbons (Fsp3) is 0.242. The van der Waals surface area contributed by atoms with Gasteiger partial charge in [-0.05, 0) is 75.2 Å². The van der Waals surface area contributed by atoms with Crippen molar-refractivity contribution in [2.75, 3.05) is 11.9 Å². The molecule has 0 aliphatic heterocycles. The van der Waals surface area contributed by atoms with Crippen LogP contribution in [0.3, 0.4) is 0 Å². The molecule has 3 N–H and O–H groups in total. The second kappa shape index (κ2) is 14.0. The summed E-state index contributed by atoms with van der Waals surface area (Å²) in [5.41, 5.74) is 3.36. The van der Waals surface area contributed by atoms with Crippen LogP contribution in [0.2, 0.25) is 0 Å². The number of anilines is 1. The maximum atomic E-state index is 13.6. The van der Waals surface area contributed by atoms with Crippen LogP contribution in [0.15, 0.2) is 78.9 Å². The Morgan fingerprint density at radius 1 is 0.907 bits per heavy atom. The molecule has 0 bridgehead atoms. The van der Waals surface area contributed by atoms with Gasteiger partial charge in [0.1, 0.15) is 17.2 Å². The standard InChI is InChI=1S/C33H33FN6O3/c1-33(2,3)43-32(42)38-21-26-12-7-11-25(39-26)20-37-31(41)28-14-15-29(27-13-5-4-9-23(27)19-35)40-30(28)36-17-16-22-8-6-10-24(34)18-22/h4-15,18H,16-17,20-21H2,1-3H3,(H,36,40)(H,37,41)(H,38,42). The molecular weight excluding hydrogens is 547 g/mol. The second-order valence-corrected chi connectivity index (χ2v) is 10.7. The quantitative estimate of drug-likeness (QED) is 0.217. The van der Waals surface area contributed by atoms with Crippen LogP contribution in [-0.2, 0) is 24.2 Å². The zero-order valence-electron chi connectivity index (χ0n) is 24.3. The molecule has 43 heavy (non-hydrogen) atoms. The molecule has 0 unspecified atom stereocenters. The molecule has 4 aromatic rings. The highest BCUT2D eigenvalue weighted by molar-refractivity contribution is 5.99. The Hall–Kier alpha value is -5.30. The van der Waals surface area contributed by atoms with E-state index in [-0.39, 0.29) is 24.8 Å². The summed E-state index contributed by atoms with van der Waals surface area (Å²) in [6.07, 6.45) is -0.0353. The average molecular weight is 581 g/mol. The van der Waals surface area contributed by atoms with Crippen LogP contribution < -0.4 is 16.0 Å². The number of aromatic nitrogens is 2. The lowest BCUT2D eigenvalue weighted by Gasteiger charge is -2.19. The van der Waals surface area contributed by atoms with Crippen LogP contribution in [0, 0.1) is 17.1 Å². The number of nitrogens with one attached hydrogen (secondary N) is 3. The SMILES string of the molecule is CC(C)(C)OC(=O)NCc1cccc(CNC(=O)c2ccc(-c3ccccc3C#N)nc2NCCc2cccc(F)c2)n1. The Labute approximate surface area is 250 Å². The molecule has 9 nitrogen and oxygen atoms in total. The number of carbonyl (C=O) groups is 2. The largest absolute Gasteiger partial charge is 0.444 e. The first-order chi connectivity index (χ1) is 20.6. The van der Waals surface area contributed by atoms with E-state index in [9.17, 15) is 19.2 Å². The van der Waals surface area contributed by atoms with E-state index in [4.69, 9.17) is 9.72 Å². The van der Waals surface area contributed by atoms with Gasteiger partial charge in [0, 0.05) is 12.1 Å². The first-order valence-electron chi connectivity index (χ1n) is 13.8. The number of ether oxygens (including phenoxy) is 1. The highest BCUT2D eigenvalue weighted by Crippen LogP contribution is 2.25. The van der Waals surface area contributed by atoms with Crippen molar-refractivity contribution in [3.8, 4) is 17.3 Å². The Balaban J connectivity index is 1.48. The van der Waals surface area contributed by atoms with E-state index in [1.807, 2.05) is 12.1 Å². The molecule has 4 rings (SSSR count). The summed E-state index contributed by atoms with van der Waals surface area (Å²) in [6.45, 7) is 6.07. The zero-order chi connectivity index (χ0) is 30.8. The normalized spacial score (nSPS) is 10.9. The summed E-state index contributed by atoms with van der Waals surface area (Å²) in [6, 6.07) is 24.3. The number of nitriles is 1. The van der Waals surface area contributed by atoms with E-state index in [1.165, 1.54) is 12.1 Å². The predicted octanol–water partition coefficient (Wildman–Crippen LogP) is 5.76. The molecule has 0 aliphatic carbocycles. The van der Waals surface area contributed by atoms with Crippen molar-refractivity contribution in [2.24, 2.45) is 0 Å². The summed E-state index contributed by atoms with van der Waals surface area (Å²) in [7, 11) is 0. The molecule has 0 aliphatic rings. The van der Waals surface area contributed by atoms with E-state index >= 15 is 0 Å².